The van der Waals surface area contributed by atoms with Crippen molar-refractivity contribution in [3.8, 4) is 0 Å². The lowest BCUT2D eigenvalue weighted by Crippen LogP contribution is -2.40. The normalized spacial score (nSPS) is 12.0. The van der Waals surface area contributed by atoms with Crippen molar-refractivity contribution in [1.29, 1.82) is 0 Å². The highest BCUT2D eigenvalue weighted by atomic mass is 32.2. The molecule has 2 rings (SSSR count). The molecule has 9 heteroatoms. The molecule has 28 heavy (non-hydrogen) atoms. The predicted molar refractivity (Wildman–Crippen MR) is 110 cm³/mol. The van der Waals surface area contributed by atoms with Crippen molar-refractivity contribution in [2.45, 2.75) is 38.0 Å². The van der Waals surface area contributed by atoms with Crippen molar-refractivity contribution in [3.05, 3.63) is 41.7 Å². The molecule has 0 aliphatic heterocycles. The predicted octanol–water partition coefficient (Wildman–Crippen LogP) is 2.28. The zero-order valence-electron chi connectivity index (χ0n) is 16.8. The summed E-state index contributed by atoms with van der Waals surface area (Å²) in [6.07, 6.45) is 0.891. The Bertz CT molecular complexity index is 778. The molecule has 1 heterocycles. The molecule has 0 bridgehead atoms. The molecule has 0 unspecified atom stereocenters. The zero-order chi connectivity index (χ0) is 20.5. The summed E-state index contributed by atoms with van der Waals surface area (Å²) in [5.74, 6) is 0.581. The van der Waals surface area contributed by atoms with Crippen molar-refractivity contribution >= 4 is 23.7 Å². The lowest BCUT2D eigenvalue weighted by Gasteiger charge is -2.23. The topological polar surface area (TPSA) is 92.2 Å². The van der Waals surface area contributed by atoms with E-state index in [1.54, 1.807) is 6.92 Å². The fourth-order valence-electron chi connectivity index (χ4n) is 2.84. The number of amides is 3. The molecule has 2 N–H and O–H groups in total. The van der Waals surface area contributed by atoms with Crippen LogP contribution in [0.15, 0.2) is 35.5 Å². The Morgan fingerprint density at radius 1 is 1.18 bits per heavy atom. The third-order valence-electron chi connectivity index (χ3n) is 4.16. The molecule has 152 valence electrons. The lowest BCUT2D eigenvalue weighted by atomic mass is 10.2. The quantitative estimate of drug-likeness (QED) is 0.623. The minimum atomic E-state index is -0.488. The number of imide groups is 1. The third kappa shape index (κ3) is 6.07. The van der Waals surface area contributed by atoms with Crippen LogP contribution >= 0.6 is 11.8 Å². The molecule has 8 nitrogen and oxygen atoms in total. The first-order valence-electron chi connectivity index (χ1n) is 9.30. The molecule has 0 spiro atoms. The first kappa shape index (κ1) is 21.9. The molecule has 2 aromatic rings. The Balaban J connectivity index is 2.19. The Morgan fingerprint density at radius 2 is 1.89 bits per heavy atom. The SMILES string of the molecule is CCNC(=O)NC(=O)CSc1nnc([C@H](CC)N(C)C)n1Cc1ccccc1. The van der Waals surface area contributed by atoms with Crippen LogP contribution in [-0.4, -0.2) is 58.0 Å². The van der Waals surface area contributed by atoms with Gasteiger partial charge in [0.2, 0.25) is 5.91 Å². The minimum Gasteiger partial charge on any atom is -0.338 e. The van der Waals surface area contributed by atoms with E-state index in [2.05, 4.69) is 44.8 Å². The number of carbonyl (C=O) groups is 2. The summed E-state index contributed by atoms with van der Waals surface area (Å²) in [5, 5.41) is 14.2. The van der Waals surface area contributed by atoms with E-state index >= 15 is 0 Å². The highest BCUT2D eigenvalue weighted by molar-refractivity contribution is 7.99. The number of rotatable bonds is 9. The van der Waals surface area contributed by atoms with Gasteiger partial charge >= 0.3 is 6.03 Å². The van der Waals surface area contributed by atoms with Gasteiger partial charge in [0.15, 0.2) is 11.0 Å². The van der Waals surface area contributed by atoms with Crippen LogP contribution in [0.2, 0.25) is 0 Å². The van der Waals surface area contributed by atoms with Crippen LogP contribution in [0.5, 0.6) is 0 Å². The van der Waals surface area contributed by atoms with Crippen molar-refractivity contribution in [2.24, 2.45) is 0 Å². The van der Waals surface area contributed by atoms with Gasteiger partial charge in [-0.2, -0.15) is 0 Å². The molecule has 0 saturated heterocycles. The zero-order valence-corrected chi connectivity index (χ0v) is 17.6. The van der Waals surface area contributed by atoms with Gasteiger partial charge in [-0.15, -0.1) is 10.2 Å². The largest absolute Gasteiger partial charge is 0.338 e. The van der Waals surface area contributed by atoms with Crippen LogP contribution in [0.25, 0.3) is 0 Å². The molecular formula is C19H28N6O2S. The molecular weight excluding hydrogens is 376 g/mol. The minimum absolute atomic E-state index is 0.0861. The van der Waals surface area contributed by atoms with E-state index in [1.807, 2.05) is 36.9 Å². The van der Waals surface area contributed by atoms with Gasteiger partial charge in [0.05, 0.1) is 18.3 Å². The smallest absolute Gasteiger partial charge is 0.321 e. The van der Waals surface area contributed by atoms with Gasteiger partial charge in [-0.25, -0.2) is 4.79 Å². The molecule has 0 aliphatic rings. The Kier molecular flexibility index (Phi) is 8.46. The van der Waals surface area contributed by atoms with Crippen LogP contribution in [0.4, 0.5) is 4.79 Å². The summed E-state index contributed by atoms with van der Waals surface area (Å²) in [5.41, 5.74) is 1.13. The number of thioether (sulfide) groups is 1. The average molecular weight is 405 g/mol. The third-order valence-corrected chi connectivity index (χ3v) is 5.13. The van der Waals surface area contributed by atoms with Gasteiger partial charge in [0.25, 0.3) is 0 Å². The van der Waals surface area contributed by atoms with E-state index in [1.165, 1.54) is 11.8 Å². The average Bonchev–Trinajstić information content (AvgIpc) is 3.04. The number of carbonyl (C=O) groups excluding carboxylic acids is 2. The fourth-order valence-corrected chi connectivity index (χ4v) is 3.59. The van der Waals surface area contributed by atoms with E-state index in [0.717, 1.165) is 17.8 Å². The summed E-state index contributed by atoms with van der Waals surface area (Å²) < 4.78 is 2.05. The summed E-state index contributed by atoms with van der Waals surface area (Å²) in [7, 11) is 4.03. The monoisotopic (exact) mass is 404 g/mol. The van der Waals surface area contributed by atoms with E-state index < -0.39 is 6.03 Å². The molecule has 0 radical (unpaired) electrons. The highest BCUT2D eigenvalue weighted by Gasteiger charge is 2.22. The summed E-state index contributed by atoms with van der Waals surface area (Å²) in [6.45, 7) is 4.98. The van der Waals surface area contributed by atoms with Crippen LogP contribution in [0, 0.1) is 0 Å². The number of hydrogen-bond acceptors (Lipinski definition) is 6. The van der Waals surface area contributed by atoms with Crippen LogP contribution < -0.4 is 10.6 Å². The molecule has 1 aromatic carbocycles. The highest BCUT2D eigenvalue weighted by Crippen LogP contribution is 2.26. The van der Waals surface area contributed by atoms with Crippen LogP contribution in [0.3, 0.4) is 0 Å². The van der Waals surface area contributed by atoms with E-state index in [4.69, 9.17) is 0 Å². The molecule has 0 aliphatic carbocycles. The standard InChI is InChI=1S/C19H28N6O2S/c1-5-15(24(3)4)17-22-23-19(25(17)12-14-10-8-7-9-11-14)28-13-16(26)21-18(27)20-6-2/h7-11,15H,5-6,12-13H2,1-4H3,(H2,20,21,26,27)/t15-/m0/s1. The van der Waals surface area contributed by atoms with Crippen molar-refractivity contribution in [1.82, 2.24) is 30.3 Å². The summed E-state index contributed by atoms with van der Waals surface area (Å²) in [4.78, 5) is 25.6. The maximum absolute atomic E-state index is 12.0. The fraction of sp³-hybridized carbons (Fsp3) is 0.474. The first-order chi connectivity index (χ1) is 13.5. The van der Waals surface area contributed by atoms with Gasteiger partial charge in [-0.1, -0.05) is 49.0 Å². The Labute approximate surface area is 170 Å². The van der Waals surface area contributed by atoms with Crippen molar-refractivity contribution in [2.75, 3.05) is 26.4 Å². The molecule has 0 fully saturated rings. The number of benzene rings is 1. The second kappa shape index (κ2) is 10.8. The lowest BCUT2D eigenvalue weighted by molar-refractivity contribution is -0.117. The molecule has 3 amide bonds. The van der Waals surface area contributed by atoms with E-state index in [0.29, 0.717) is 18.2 Å². The van der Waals surface area contributed by atoms with E-state index in [-0.39, 0.29) is 17.7 Å². The second-order valence-electron chi connectivity index (χ2n) is 6.50. The molecule has 1 aromatic heterocycles. The molecule has 0 saturated carbocycles. The molecule has 1 atom stereocenters. The van der Waals surface area contributed by atoms with Crippen molar-refractivity contribution in [3.63, 3.8) is 0 Å². The van der Waals surface area contributed by atoms with Gasteiger partial charge in [-0.3, -0.25) is 15.0 Å². The van der Waals surface area contributed by atoms with Crippen LogP contribution in [0.1, 0.15) is 37.7 Å². The van der Waals surface area contributed by atoms with E-state index in [9.17, 15) is 9.59 Å². The Morgan fingerprint density at radius 3 is 2.50 bits per heavy atom. The van der Waals surface area contributed by atoms with Crippen molar-refractivity contribution < 1.29 is 9.59 Å². The number of nitrogens with one attached hydrogen (secondary N) is 2. The first-order valence-corrected chi connectivity index (χ1v) is 10.3. The van der Waals surface area contributed by atoms with Gasteiger partial charge in [0, 0.05) is 6.54 Å². The van der Waals surface area contributed by atoms with Gasteiger partial charge < -0.3 is 9.88 Å². The maximum Gasteiger partial charge on any atom is 0.321 e. The van der Waals surface area contributed by atoms with Gasteiger partial charge in [0.1, 0.15) is 0 Å². The second-order valence-corrected chi connectivity index (χ2v) is 7.44. The number of aromatic nitrogens is 3. The maximum atomic E-state index is 12.0. The number of urea groups is 1. The van der Waals surface area contributed by atoms with Gasteiger partial charge in [-0.05, 0) is 33.0 Å². The Hall–Kier alpha value is -2.39. The summed E-state index contributed by atoms with van der Waals surface area (Å²) >= 11 is 1.27. The summed E-state index contributed by atoms with van der Waals surface area (Å²) in [6, 6.07) is 9.71. The van der Waals surface area contributed by atoms with Crippen LogP contribution in [-0.2, 0) is 11.3 Å². The number of nitrogens with zero attached hydrogens (tertiary/aromatic N) is 4. The number of hydrogen-bond donors (Lipinski definition) is 2.